The Morgan fingerprint density at radius 3 is 2.31 bits per heavy atom. The summed E-state index contributed by atoms with van der Waals surface area (Å²) >= 11 is 0. The van der Waals surface area contributed by atoms with E-state index in [0.29, 0.717) is 0 Å². The highest BCUT2D eigenvalue weighted by molar-refractivity contribution is 5.97. The minimum Gasteiger partial charge on any atom is -0.294 e. The first-order valence-electron chi connectivity index (χ1n) is 5.56. The largest absolute Gasteiger partial charge is 0.294 e. The van der Waals surface area contributed by atoms with Crippen LogP contribution in [0.5, 0.6) is 0 Å². The van der Waals surface area contributed by atoms with Gasteiger partial charge in [0.15, 0.2) is 5.78 Å². The van der Waals surface area contributed by atoms with Gasteiger partial charge in [-0.3, -0.25) is 10.2 Å². The third-order valence-corrected chi connectivity index (χ3v) is 2.56. The van der Waals surface area contributed by atoms with Crippen LogP contribution in [-0.4, -0.2) is 24.9 Å². The normalized spacial score (nSPS) is 11.1. The zero-order chi connectivity index (χ0) is 12.1. The summed E-state index contributed by atoms with van der Waals surface area (Å²) in [5.74, 6) is 0.263. The van der Waals surface area contributed by atoms with Crippen molar-refractivity contribution in [2.75, 3.05) is 14.1 Å². The molecule has 0 saturated heterocycles. The molecular formula is C13H20N2O. The van der Waals surface area contributed by atoms with E-state index in [0.717, 1.165) is 12.1 Å². The maximum atomic E-state index is 11.7. The van der Waals surface area contributed by atoms with E-state index in [1.807, 2.05) is 57.2 Å². The van der Waals surface area contributed by atoms with Gasteiger partial charge < -0.3 is 0 Å². The lowest BCUT2D eigenvalue weighted by Gasteiger charge is -2.15. The number of ketones is 1. The molecule has 0 fully saturated rings. The predicted molar refractivity (Wildman–Crippen MR) is 66.1 cm³/mol. The molecule has 1 rings (SSSR count). The summed E-state index contributed by atoms with van der Waals surface area (Å²) < 4.78 is 0. The molecule has 3 nitrogen and oxygen atoms in total. The van der Waals surface area contributed by atoms with Gasteiger partial charge in [-0.15, -0.1) is 0 Å². The Morgan fingerprint density at radius 1 is 1.31 bits per heavy atom. The van der Waals surface area contributed by atoms with Gasteiger partial charge >= 0.3 is 0 Å². The Balaban J connectivity index is 2.71. The predicted octanol–water partition coefficient (Wildman–Crippen LogP) is 2.09. The SMILES string of the molecule is CNN(C)Cc1ccc(C(=O)C(C)C)cc1. The zero-order valence-electron chi connectivity index (χ0n) is 10.4. The molecule has 0 bridgehead atoms. The van der Waals surface area contributed by atoms with Gasteiger partial charge in [0, 0.05) is 25.1 Å². The maximum absolute atomic E-state index is 11.7. The molecule has 88 valence electrons. The number of carbonyl (C=O) groups is 1. The number of rotatable bonds is 5. The van der Waals surface area contributed by atoms with E-state index in [2.05, 4.69) is 5.43 Å². The van der Waals surface area contributed by atoms with Gasteiger partial charge in [-0.2, -0.15) is 0 Å². The van der Waals surface area contributed by atoms with Crippen LogP contribution in [0.1, 0.15) is 29.8 Å². The highest BCUT2D eigenvalue weighted by atomic mass is 16.1. The van der Waals surface area contributed by atoms with Crippen LogP contribution in [0.25, 0.3) is 0 Å². The lowest BCUT2D eigenvalue weighted by molar-refractivity contribution is 0.0939. The molecular weight excluding hydrogens is 200 g/mol. The fourth-order valence-corrected chi connectivity index (χ4v) is 1.46. The molecule has 0 spiro atoms. The molecule has 3 heteroatoms. The van der Waals surface area contributed by atoms with E-state index < -0.39 is 0 Å². The van der Waals surface area contributed by atoms with Gasteiger partial charge in [-0.05, 0) is 12.6 Å². The first-order chi connectivity index (χ1) is 7.54. The van der Waals surface area contributed by atoms with Gasteiger partial charge in [0.05, 0.1) is 0 Å². The van der Waals surface area contributed by atoms with Crippen LogP contribution in [0.3, 0.4) is 0 Å². The lowest BCUT2D eigenvalue weighted by atomic mass is 10.00. The Morgan fingerprint density at radius 2 is 1.88 bits per heavy atom. The summed E-state index contributed by atoms with van der Waals surface area (Å²) in [6.07, 6.45) is 0. The molecule has 0 amide bonds. The first-order valence-corrected chi connectivity index (χ1v) is 5.56. The molecule has 16 heavy (non-hydrogen) atoms. The second-order valence-electron chi connectivity index (χ2n) is 4.30. The van der Waals surface area contributed by atoms with Gasteiger partial charge in [-0.1, -0.05) is 38.1 Å². The summed E-state index contributed by atoms with van der Waals surface area (Å²) in [5, 5.41) is 1.99. The van der Waals surface area contributed by atoms with Gasteiger partial charge in [0.1, 0.15) is 0 Å². The summed E-state index contributed by atoms with van der Waals surface area (Å²) in [6, 6.07) is 7.81. The molecule has 0 aromatic heterocycles. The lowest BCUT2D eigenvalue weighted by Crippen LogP contribution is -2.29. The fraction of sp³-hybridized carbons (Fsp3) is 0.462. The average Bonchev–Trinajstić information content (AvgIpc) is 2.28. The summed E-state index contributed by atoms with van der Waals surface area (Å²) in [6.45, 7) is 4.67. The fourth-order valence-electron chi connectivity index (χ4n) is 1.46. The Kier molecular flexibility index (Phi) is 4.65. The van der Waals surface area contributed by atoms with Crippen LogP contribution < -0.4 is 5.43 Å². The van der Waals surface area contributed by atoms with Crippen molar-refractivity contribution in [3.05, 3.63) is 35.4 Å². The van der Waals surface area contributed by atoms with Crippen LogP contribution in [0, 0.1) is 5.92 Å². The monoisotopic (exact) mass is 220 g/mol. The molecule has 0 unspecified atom stereocenters. The average molecular weight is 220 g/mol. The number of nitrogens with one attached hydrogen (secondary N) is 1. The Hall–Kier alpha value is -1.19. The minimum atomic E-state index is 0.0610. The Labute approximate surface area is 97.4 Å². The highest BCUT2D eigenvalue weighted by Gasteiger charge is 2.09. The molecule has 0 aliphatic carbocycles. The molecule has 1 N–H and O–H groups in total. The van der Waals surface area contributed by atoms with Crippen molar-refractivity contribution in [2.24, 2.45) is 5.92 Å². The number of Topliss-reactive ketones (excluding diaryl/α,β-unsaturated/α-hetero) is 1. The standard InChI is InChI=1S/C13H20N2O/c1-10(2)13(16)12-7-5-11(6-8-12)9-15(4)14-3/h5-8,10,14H,9H2,1-4H3. The van der Waals surface area contributed by atoms with Crippen molar-refractivity contribution in [2.45, 2.75) is 20.4 Å². The van der Waals surface area contributed by atoms with E-state index in [9.17, 15) is 4.79 Å². The second-order valence-corrected chi connectivity index (χ2v) is 4.30. The molecule has 0 radical (unpaired) electrons. The van der Waals surface area contributed by atoms with E-state index in [-0.39, 0.29) is 11.7 Å². The van der Waals surface area contributed by atoms with Gasteiger partial charge in [-0.25, -0.2) is 5.01 Å². The van der Waals surface area contributed by atoms with Crippen LogP contribution in [-0.2, 0) is 6.54 Å². The van der Waals surface area contributed by atoms with Crippen molar-refractivity contribution < 1.29 is 4.79 Å². The van der Waals surface area contributed by atoms with Crippen molar-refractivity contribution in [3.63, 3.8) is 0 Å². The van der Waals surface area contributed by atoms with E-state index in [4.69, 9.17) is 0 Å². The van der Waals surface area contributed by atoms with Gasteiger partial charge in [0.25, 0.3) is 0 Å². The number of benzene rings is 1. The van der Waals surface area contributed by atoms with Crippen LogP contribution in [0.4, 0.5) is 0 Å². The second kappa shape index (κ2) is 5.77. The van der Waals surface area contributed by atoms with Crippen molar-refractivity contribution in [1.82, 2.24) is 10.4 Å². The third kappa shape index (κ3) is 3.43. The molecule has 1 aromatic rings. The first kappa shape index (κ1) is 12.9. The number of carbonyl (C=O) groups excluding carboxylic acids is 1. The molecule has 0 heterocycles. The summed E-state index contributed by atoms with van der Waals surface area (Å²) in [5.41, 5.74) is 5.02. The van der Waals surface area contributed by atoms with Crippen LogP contribution in [0.15, 0.2) is 24.3 Å². The van der Waals surface area contributed by atoms with Crippen molar-refractivity contribution in [3.8, 4) is 0 Å². The van der Waals surface area contributed by atoms with Crippen molar-refractivity contribution >= 4 is 5.78 Å². The van der Waals surface area contributed by atoms with Crippen molar-refractivity contribution in [1.29, 1.82) is 0 Å². The van der Waals surface area contributed by atoms with Crippen LogP contribution >= 0.6 is 0 Å². The van der Waals surface area contributed by atoms with Gasteiger partial charge in [0.2, 0.25) is 0 Å². The molecule has 1 aromatic carbocycles. The minimum absolute atomic E-state index is 0.0610. The molecule has 0 aliphatic rings. The number of nitrogens with zero attached hydrogens (tertiary/aromatic N) is 1. The number of hydrazine groups is 1. The third-order valence-electron chi connectivity index (χ3n) is 2.56. The molecule has 0 aliphatic heterocycles. The Bertz CT molecular complexity index is 343. The number of hydrogen-bond acceptors (Lipinski definition) is 3. The van der Waals surface area contributed by atoms with E-state index in [1.165, 1.54) is 5.56 Å². The maximum Gasteiger partial charge on any atom is 0.165 e. The van der Waals surface area contributed by atoms with E-state index >= 15 is 0 Å². The smallest absolute Gasteiger partial charge is 0.165 e. The zero-order valence-corrected chi connectivity index (χ0v) is 10.4. The highest BCUT2D eigenvalue weighted by Crippen LogP contribution is 2.10. The quantitative estimate of drug-likeness (QED) is 0.609. The number of hydrogen-bond donors (Lipinski definition) is 1. The summed E-state index contributed by atoms with van der Waals surface area (Å²) in [7, 11) is 3.86. The summed E-state index contributed by atoms with van der Waals surface area (Å²) in [4.78, 5) is 11.7. The van der Waals surface area contributed by atoms with Crippen LogP contribution in [0.2, 0.25) is 0 Å². The van der Waals surface area contributed by atoms with E-state index in [1.54, 1.807) is 0 Å². The topological polar surface area (TPSA) is 32.3 Å². The molecule has 0 atom stereocenters. The molecule has 0 saturated carbocycles.